The first-order valence-corrected chi connectivity index (χ1v) is 11.2. The van der Waals surface area contributed by atoms with Crippen LogP contribution < -0.4 is 5.32 Å². The molecule has 4 rings (SSSR count). The fraction of sp³-hybridized carbons (Fsp3) is 0.400. The lowest BCUT2D eigenvalue weighted by Gasteiger charge is -2.23. The minimum absolute atomic E-state index is 0.0147. The lowest BCUT2D eigenvalue weighted by Crippen LogP contribution is -2.36. The van der Waals surface area contributed by atoms with Crippen LogP contribution in [0.5, 0.6) is 0 Å². The van der Waals surface area contributed by atoms with Crippen molar-refractivity contribution in [3.8, 4) is 0 Å². The van der Waals surface area contributed by atoms with E-state index in [2.05, 4.69) is 10.3 Å². The zero-order valence-corrected chi connectivity index (χ0v) is 17.3. The van der Waals surface area contributed by atoms with E-state index in [1.165, 1.54) is 23.1 Å². The number of carboxylic acids is 1. The number of amides is 1. The average Bonchev–Trinajstić information content (AvgIpc) is 3.39. The normalized spacial score (nSPS) is 24.7. The maximum Gasteiger partial charge on any atom is 0.316 e. The number of hydrogen-bond acceptors (Lipinski definition) is 7. The number of rotatable bonds is 7. The minimum atomic E-state index is -0.914. The van der Waals surface area contributed by atoms with Crippen LogP contribution in [0.1, 0.15) is 13.3 Å². The van der Waals surface area contributed by atoms with Gasteiger partial charge in [-0.1, -0.05) is 23.9 Å². The van der Waals surface area contributed by atoms with Gasteiger partial charge in [0.15, 0.2) is 4.34 Å². The Morgan fingerprint density at radius 2 is 2.03 bits per heavy atom. The molecule has 1 heterocycles. The van der Waals surface area contributed by atoms with Crippen LogP contribution in [-0.4, -0.2) is 40.3 Å². The molecule has 0 aliphatic heterocycles. The second-order valence-corrected chi connectivity index (χ2v) is 9.34. The highest BCUT2D eigenvalue weighted by atomic mass is 32.2. The molecule has 2 aromatic rings. The van der Waals surface area contributed by atoms with Crippen LogP contribution >= 0.6 is 23.1 Å². The number of nitrogens with one attached hydrogen (secondary N) is 1. The molecular weight excluding hydrogens is 412 g/mol. The van der Waals surface area contributed by atoms with Crippen molar-refractivity contribution >= 4 is 56.8 Å². The zero-order chi connectivity index (χ0) is 20.5. The van der Waals surface area contributed by atoms with E-state index in [0.717, 1.165) is 21.0 Å². The highest BCUT2D eigenvalue weighted by Gasteiger charge is 2.51. The lowest BCUT2D eigenvalue weighted by atomic mass is 9.82. The van der Waals surface area contributed by atoms with E-state index in [4.69, 9.17) is 4.74 Å². The number of aromatic nitrogens is 1. The molecule has 1 aromatic carbocycles. The Kier molecular flexibility index (Phi) is 5.60. The van der Waals surface area contributed by atoms with Gasteiger partial charge in [0.05, 0.1) is 34.4 Å². The van der Waals surface area contributed by atoms with E-state index in [0.29, 0.717) is 12.3 Å². The Labute approximate surface area is 175 Å². The topological polar surface area (TPSA) is 106 Å². The molecule has 2 aliphatic carbocycles. The summed E-state index contributed by atoms with van der Waals surface area (Å²) in [5, 5.41) is 12.4. The largest absolute Gasteiger partial charge is 0.481 e. The van der Waals surface area contributed by atoms with Crippen molar-refractivity contribution in [3.63, 3.8) is 0 Å². The standard InChI is InChI=1S/C20H20N2O5S2/c1-2-27-15(23)9-28-20-22-13-6-5-12(8-14(13)29-20)21-18(24)16-10-3-4-11(7-10)17(16)19(25)26/h3-6,8,10-11,16-17H,2,7,9H2,1H3,(H,21,24)(H,25,26)/t10-,11-,16-,17+/m0/s1. The van der Waals surface area contributed by atoms with Crippen LogP contribution in [0.4, 0.5) is 5.69 Å². The first-order valence-electron chi connectivity index (χ1n) is 9.37. The van der Waals surface area contributed by atoms with Crippen molar-refractivity contribution < 1.29 is 24.2 Å². The highest BCUT2D eigenvalue weighted by Crippen LogP contribution is 2.48. The number of carboxylic acid groups (broad SMARTS) is 1. The summed E-state index contributed by atoms with van der Waals surface area (Å²) in [7, 11) is 0. The number of fused-ring (bicyclic) bond motifs is 3. The molecule has 2 bridgehead atoms. The summed E-state index contributed by atoms with van der Waals surface area (Å²) in [4.78, 5) is 40.4. The van der Waals surface area contributed by atoms with Crippen molar-refractivity contribution in [1.82, 2.24) is 4.98 Å². The van der Waals surface area contributed by atoms with Gasteiger partial charge in [-0.25, -0.2) is 4.98 Å². The van der Waals surface area contributed by atoms with Gasteiger partial charge >= 0.3 is 11.9 Å². The molecule has 2 aliphatic rings. The van der Waals surface area contributed by atoms with Crippen LogP contribution in [0, 0.1) is 23.7 Å². The summed E-state index contributed by atoms with van der Waals surface area (Å²) in [6.45, 7) is 2.12. The van der Waals surface area contributed by atoms with Crippen LogP contribution in [0.2, 0.25) is 0 Å². The second-order valence-electron chi connectivity index (χ2n) is 7.08. The summed E-state index contributed by atoms with van der Waals surface area (Å²) in [6.07, 6.45) is 4.61. The number of esters is 1. The Bertz CT molecular complexity index is 1000. The fourth-order valence-corrected chi connectivity index (χ4v) is 6.01. The summed E-state index contributed by atoms with van der Waals surface area (Å²) in [5.74, 6) is -2.53. The van der Waals surface area contributed by atoms with Crippen molar-refractivity contribution in [2.45, 2.75) is 17.7 Å². The van der Waals surface area contributed by atoms with Gasteiger partial charge in [0.1, 0.15) is 0 Å². The Morgan fingerprint density at radius 1 is 1.28 bits per heavy atom. The molecule has 7 nitrogen and oxygen atoms in total. The third-order valence-corrected chi connectivity index (χ3v) is 7.44. The third kappa shape index (κ3) is 4.02. The van der Waals surface area contributed by atoms with E-state index in [1.807, 2.05) is 24.3 Å². The number of aliphatic carboxylic acids is 1. The fourth-order valence-electron chi connectivity index (χ4n) is 4.11. The van der Waals surface area contributed by atoms with Gasteiger partial charge in [-0.2, -0.15) is 0 Å². The molecule has 1 fully saturated rings. The van der Waals surface area contributed by atoms with Crippen molar-refractivity contribution in [2.75, 3.05) is 17.7 Å². The molecule has 1 saturated carbocycles. The van der Waals surface area contributed by atoms with E-state index < -0.39 is 17.8 Å². The van der Waals surface area contributed by atoms with Gasteiger partial charge in [-0.3, -0.25) is 14.4 Å². The van der Waals surface area contributed by atoms with Gasteiger partial charge in [-0.15, -0.1) is 11.3 Å². The van der Waals surface area contributed by atoms with Gasteiger partial charge in [0.2, 0.25) is 5.91 Å². The molecule has 0 unspecified atom stereocenters. The number of thioether (sulfide) groups is 1. The molecule has 4 atom stereocenters. The molecule has 152 valence electrons. The smallest absolute Gasteiger partial charge is 0.316 e. The quantitative estimate of drug-likeness (QED) is 0.392. The zero-order valence-electron chi connectivity index (χ0n) is 15.7. The first-order chi connectivity index (χ1) is 14.0. The summed E-state index contributed by atoms with van der Waals surface area (Å²) < 4.78 is 6.56. The summed E-state index contributed by atoms with van der Waals surface area (Å²) in [6, 6.07) is 5.40. The number of hydrogen-bond donors (Lipinski definition) is 2. The second kappa shape index (κ2) is 8.16. The van der Waals surface area contributed by atoms with Crippen LogP contribution in [0.3, 0.4) is 0 Å². The molecule has 0 saturated heterocycles. The number of benzene rings is 1. The number of thiazole rings is 1. The van der Waals surface area contributed by atoms with Gasteiger partial charge in [0, 0.05) is 5.69 Å². The Hall–Kier alpha value is -2.39. The van der Waals surface area contributed by atoms with Crippen LogP contribution in [0.25, 0.3) is 10.2 Å². The van der Waals surface area contributed by atoms with E-state index in [-0.39, 0.29) is 29.5 Å². The summed E-state index contributed by atoms with van der Waals surface area (Å²) >= 11 is 2.75. The molecule has 0 radical (unpaired) electrons. The van der Waals surface area contributed by atoms with Gasteiger partial charge in [-0.05, 0) is 43.4 Å². The number of anilines is 1. The number of allylic oxidation sites excluding steroid dienone is 2. The van der Waals surface area contributed by atoms with Crippen molar-refractivity contribution in [2.24, 2.45) is 23.7 Å². The summed E-state index contributed by atoms with van der Waals surface area (Å²) in [5.41, 5.74) is 1.40. The molecular formula is C20H20N2O5S2. The van der Waals surface area contributed by atoms with E-state index in [1.54, 1.807) is 13.0 Å². The number of nitrogens with zero attached hydrogens (tertiary/aromatic N) is 1. The average molecular weight is 433 g/mol. The number of ether oxygens (including phenoxy) is 1. The highest BCUT2D eigenvalue weighted by molar-refractivity contribution is 8.01. The number of carbonyl (C=O) groups is 3. The van der Waals surface area contributed by atoms with E-state index >= 15 is 0 Å². The lowest BCUT2D eigenvalue weighted by molar-refractivity contribution is -0.146. The van der Waals surface area contributed by atoms with Crippen molar-refractivity contribution in [3.05, 3.63) is 30.4 Å². The molecule has 29 heavy (non-hydrogen) atoms. The maximum atomic E-state index is 12.8. The molecule has 2 N–H and O–H groups in total. The maximum absolute atomic E-state index is 12.8. The monoisotopic (exact) mass is 432 g/mol. The number of carbonyl (C=O) groups excluding carboxylic acids is 2. The van der Waals surface area contributed by atoms with Crippen molar-refractivity contribution in [1.29, 1.82) is 0 Å². The molecule has 1 amide bonds. The van der Waals surface area contributed by atoms with Crippen LogP contribution in [-0.2, 0) is 19.1 Å². The minimum Gasteiger partial charge on any atom is -0.481 e. The van der Waals surface area contributed by atoms with E-state index in [9.17, 15) is 19.5 Å². The Balaban J connectivity index is 1.46. The molecule has 0 spiro atoms. The SMILES string of the molecule is CCOC(=O)CSc1nc2ccc(NC(=O)[C@@H]3[C@H](C(=O)O)[C@H]4C=C[C@H]3C4)cc2s1. The molecule has 9 heteroatoms. The predicted molar refractivity (Wildman–Crippen MR) is 111 cm³/mol. The Morgan fingerprint density at radius 3 is 2.76 bits per heavy atom. The predicted octanol–water partition coefficient (Wildman–Crippen LogP) is 3.41. The third-order valence-electron chi connectivity index (χ3n) is 5.30. The van der Waals surface area contributed by atoms with Gasteiger partial charge in [0.25, 0.3) is 0 Å². The first kappa shape index (κ1) is 19.9. The van der Waals surface area contributed by atoms with Gasteiger partial charge < -0.3 is 15.2 Å². The van der Waals surface area contributed by atoms with Crippen LogP contribution in [0.15, 0.2) is 34.7 Å². The molecule has 1 aromatic heterocycles.